The minimum Gasteiger partial charge on any atom is -0.481 e. The first kappa shape index (κ1) is 16.8. The monoisotopic (exact) mass is 317 g/mol. The highest BCUT2D eigenvalue weighted by Crippen LogP contribution is 2.23. The van der Waals surface area contributed by atoms with Gasteiger partial charge in [0.05, 0.1) is 16.0 Å². The number of carboxylic acid groups (broad SMARTS) is 1. The average molecular weight is 318 g/mol. The van der Waals surface area contributed by atoms with Crippen molar-refractivity contribution in [2.45, 2.75) is 26.2 Å². The molecule has 2 N–H and O–H groups in total. The summed E-state index contributed by atoms with van der Waals surface area (Å²) in [7, 11) is 0. The van der Waals surface area contributed by atoms with E-state index in [9.17, 15) is 9.59 Å². The molecule has 1 aromatic rings. The summed E-state index contributed by atoms with van der Waals surface area (Å²) in [4.78, 5) is 22.1. The van der Waals surface area contributed by atoms with E-state index in [1.165, 1.54) is 0 Å². The van der Waals surface area contributed by atoms with E-state index in [0.717, 1.165) is 12.0 Å². The summed E-state index contributed by atoms with van der Waals surface area (Å²) in [5.41, 5.74) is 1.02. The Bertz CT molecular complexity index is 491. The number of aliphatic carboxylic acids is 1. The predicted molar refractivity (Wildman–Crippen MR) is 79.2 cm³/mol. The Kier molecular flexibility index (Phi) is 6.82. The fourth-order valence-electron chi connectivity index (χ4n) is 1.59. The molecule has 1 amide bonds. The van der Waals surface area contributed by atoms with Crippen molar-refractivity contribution in [3.8, 4) is 0 Å². The highest BCUT2D eigenvalue weighted by molar-refractivity contribution is 6.42. The van der Waals surface area contributed by atoms with Gasteiger partial charge >= 0.3 is 5.97 Å². The summed E-state index contributed by atoms with van der Waals surface area (Å²) in [6, 6.07) is 5.39. The second-order valence-corrected chi connectivity index (χ2v) is 5.46. The van der Waals surface area contributed by atoms with Crippen LogP contribution in [0.4, 0.5) is 0 Å². The molecule has 0 radical (unpaired) electrons. The second-order valence-electron chi connectivity index (χ2n) is 4.65. The van der Waals surface area contributed by atoms with Crippen molar-refractivity contribution in [1.82, 2.24) is 5.32 Å². The fraction of sp³-hybridized carbons (Fsp3) is 0.429. The lowest BCUT2D eigenvalue weighted by atomic mass is 10.1. The van der Waals surface area contributed by atoms with Crippen LogP contribution in [0.15, 0.2) is 18.2 Å². The van der Waals surface area contributed by atoms with Crippen LogP contribution in [0.5, 0.6) is 0 Å². The van der Waals surface area contributed by atoms with Gasteiger partial charge in [-0.1, -0.05) is 36.2 Å². The van der Waals surface area contributed by atoms with Gasteiger partial charge in [0.2, 0.25) is 5.91 Å². The van der Waals surface area contributed by atoms with Gasteiger partial charge in [-0.05, 0) is 30.5 Å². The molecule has 0 aliphatic rings. The molecule has 1 unspecified atom stereocenters. The third-order valence-corrected chi connectivity index (χ3v) is 3.62. The molecule has 6 heteroatoms. The number of carbonyl (C=O) groups excluding carboxylic acids is 1. The van der Waals surface area contributed by atoms with Crippen LogP contribution in [0.3, 0.4) is 0 Å². The van der Waals surface area contributed by atoms with Crippen molar-refractivity contribution >= 4 is 35.1 Å². The van der Waals surface area contributed by atoms with Crippen LogP contribution < -0.4 is 5.32 Å². The van der Waals surface area contributed by atoms with Crippen molar-refractivity contribution in [1.29, 1.82) is 0 Å². The highest BCUT2D eigenvalue weighted by Gasteiger charge is 2.11. The molecule has 0 saturated heterocycles. The van der Waals surface area contributed by atoms with Crippen molar-refractivity contribution in [3.05, 3.63) is 33.8 Å². The minimum absolute atomic E-state index is 0.141. The summed E-state index contributed by atoms with van der Waals surface area (Å²) in [5, 5.41) is 12.3. The lowest BCUT2D eigenvalue weighted by Gasteiger charge is -2.08. The van der Waals surface area contributed by atoms with Crippen molar-refractivity contribution < 1.29 is 14.7 Å². The molecule has 0 saturated carbocycles. The van der Waals surface area contributed by atoms with Gasteiger partial charge in [-0.15, -0.1) is 0 Å². The number of carboxylic acids is 1. The van der Waals surface area contributed by atoms with Gasteiger partial charge in [-0.2, -0.15) is 0 Å². The summed E-state index contributed by atoms with van der Waals surface area (Å²) in [5.74, 6) is -1.63. The predicted octanol–water partition coefficient (Wildman–Crippen LogP) is 3.15. The summed E-state index contributed by atoms with van der Waals surface area (Å²) in [6.07, 6.45) is 1.75. The third-order valence-electron chi connectivity index (χ3n) is 2.88. The number of amides is 1. The number of aryl methyl sites for hydroxylation is 1. The fourth-order valence-corrected chi connectivity index (χ4v) is 1.91. The van der Waals surface area contributed by atoms with Gasteiger partial charge in [-0.25, -0.2) is 0 Å². The molecule has 1 aromatic carbocycles. The molecule has 0 aliphatic carbocycles. The first-order valence-electron chi connectivity index (χ1n) is 6.33. The summed E-state index contributed by atoms with van der Waals surface area (Å²) in [6.45, 7) is 1.71. The Morgan fingerprint density at radius 1 is 1.30 bits per heavy atom. The van der Waals surface area contributed by atoms with E-state index in [1.807, 2.05) is 6.07 Å². The van der Waals surface area contributed by atoms with Crippen LogP contribution in [0, 0.1) is 5.92 Å². The van der Waals surface area contributed by atoms with E-state index in [-0.39, 0.29) is 12.5 Å². The summed E-state index contributed by atoms with van der Waals surface area (Å²) < 4.78 is 0. The Morgan fingerprint density at radius 3 is 2.60 bits per heavy atom. The van der Waals surface area contributed by atoms with Crippen LogP contribution >= 0.6 is 23.2 Å². The van der Waals surface area contributed by atoms with Crippen LogP contribution in [-0.2, 0) is 16.0 Å². The maximum absolute atomic E-state index is 11.5. The Labute approximate surface area is 128 Å². The van der Waals surface area contributed by atoms with Crippen LogP contribution in [-0.4, -0.2) is 23.5 Å². The Balaban J connectivity index is 2.28. The molecule has 0 aromatic heterocycles. The molecule has 1 rings (SSSR count). The Morgan fingerprint density at radius 2 is 2.00 bits per heavy atom. The van der Waals surface area contributed by atoms with Crippen molar-refractivity contribution in [2.75, 3.05) is 6.54 Å². The number of hydrogen-bond acceptors (Lipinski definition) is 2. The number of rotatable bonds is 7. The van der Waals surface area contributed by atoms with E-state index in [4.69, 9.17) is 28.3 Å². The topological polar surface area (TPSA) is 66.4 Å². The van der Waals surface area contributed by atoms with E-state index in [0.29, 0.717) is 22.9 Å². The third kappa shape index (κ3) is 5.80. The van der Waals surface area contributed by atoms with Crippen LogP contribution in [0.25, 0.3) is 0 Å². The number of benzene rings is 1. The normalized spacial score (nSPS) is 11.9. The van der Waals surface area contributed by atoms with E-state index in [1.54, 1.807) is 19.1 Å². The molecular weight excluding hydrogens is 301 g/mol. The maximum atomic E-state index is 11.5. The molecule has 0 spiro atoms. The second kappa shape index (κ2) is 8.12. The van der Waals surface area contributed by atoms with Crippen molar-refractivity contribution in [3.63, 3.8) is 0 Å². The van der Waals surface area contributed by atoms with Crippen LogP contribution in [0.1, 0.15) is 25.3 Å². The number of hydrogen-bond donors (Lipinski definition) is 2. The average Bonchev–Trinajstić information content (AvgIpc) is 2.40. The molecule has 110 valence electrons. The minimum atomic E-state index is -0.916. The smallest absolute Gasteiger partial charge is 0.308 e. The first-order valence-corrected chi connectivity index (χ1v) is 7.09. The zero-order valence-electron chi connectivity index (χ0n) is 11.2. The Hall–Kier alpha value is -1.26. The van der Waals surface area contributed by atoms with E-state index >= 15 is 0 Å². The quantitative estimate of drug-likeness (QED) is 0.811. The zero-order chi connectivity index (χ0) is 15.1. The molecular formula is C14H17Cl2NO3. The highest BCUT2D eigenvalue weighted by atomic mass is 35.5. The molecule has 4 nitrogen and oxygen atoms in total. The molecule has 0 bridgehead atoms. The molecule has 1 atom stereocenters. The standard InChI is InChI=1S/C14H17Cl2NO3/c1-9(14(19)20)8-17-13(18)4-2-3-10-5-6-11(15)12(16)7-10/h5-7,9H,2-4,8H2,1H3,(H,17,18)(H,19,20). The van der Waals surface area contributed by atoms with E-state index in [2.05, 4.69) is 5.32 Å². The van der Waals surface area contributed by atoms with Gasteiger partial charge in [0.15, 0.2) is 0 Å². The number of nitrogens with one attached hydrogen (secondary N) is 1. The molecule has 0 aliphatic heterocycles. The van der Waals surface area contributed by atoms with Gasteiger partial charge in [0, 0.05) is 13.0 Å². The lowest BCUT2D eigenvalue weighted by Crippen LogP contribution is -2.31. The zero-order valence-corrected chi connectivity index (χ0v) is 12.7. The largest absolute Gasteiger partial charge is 0.481 e. The van der Waals surface area contributed by atoms with E-state index < -0.39 is 11.9 Å². The van der Waals surface area contributed by atoms with Crippen LogP contribution in [0.2, 0.25) is 10.0 Å². The first-order chi connectivity index (χ1) is 9.40. The van der Waals surface area contributed by atoms with Gasteiger partial charge < -0.3 is 10.4 Å². The van der Waals surface area contributed by atoms with Gasteiger partial charge in [-0.3, -0.25) is 9.59 Å². The molecule has 0 fully saturated rings. The lowest BCUT2D eigenvalue weighted by molar-refractivity contribution is -0.141. The van der Waals surface area contributed by atoms with Gasteiger partial charge in [0.25, 0.3) is 0 Å². The number of halogens is 2. The van der Waals surface area contributed by atoms with Gasteiger partial charge in [0.1, 0.15) is 0 Å². The molecule has 0 heterocycles. The van der Waals surface area contributed by atoms with Crippen molar-refractivity contribution in [2.24, 2.45) is 5.92 Å². The number of carbonyl (C=O) groups is 2. The SMILES string of the molecule is CC(CNC(=O)CCCc1ccc(Cl)c(Cl)c1)C(=O)O. The maximum Gasteiger partial charge on any atom is 0.308 e. The molecule has 20 heavy (non-hydrogen) atoms. The summed E-state index contributed by atoms with van der Waals surface area (Å²) >= 11 is 11.7.